The van der Waals surface area contributed by atoms with Crippen LogP contribution >= 0.6 is 0 Å². The molecule has 0 bridgehead atoms. The quantitative estimate of drug-likeness (QED) is 0.233. The van der Waals surface area contributed by atoms with Crippen LogP contribution in [0.1, 0.15) is 88.1 Å². The third kappa shape index (κ3) is 9.55. The maximum atomic E-state index is 13.6. The molecule has 1 aliphatic heterocycles. The highest BCUT2D eigenvalue weighted by molar-refractivity contribution is 5.93. The Balaban J connectivity index is 1.37. The van der Waals surface area contributed by atoms with Crippen molar-refractivity contribution < 1.29 is 28.6 Å². The molecule has 1 aliphatic carbocycles. The Kier molecular flexibility index (Phi) is 11.1. The van der Waals surface area contributed by atoms with Crippen LogP contribution in [0.2, 0.25) is 0 Å². The minimum Gasteiger partial charge on any atom is -0.489 e. The van der Waals surface area contributed by atoms with Crippen molar-refractivity contribution in [2.45, 2.75) is 90.1 Å². The van der Waals surface area contributed by atoms with Gasteiger partial charge in [-0.05, 0) is 81.2 Å². The maximum absolute atomic E-state index is 13.6. The average Bonchev–Trinajstić information content (AvgIpc) is 3.05. The van der Waals surface area contributed by atoms with Crippen molar-refractivity contribution in [1.82, 2.24) is 10.4 Å². The van der Waals surface area contributed by atoms with Gasteiger partial charge in [0.1, 0.15) is 18.0 Å². The van der Waals surface area contributed by atoms with Crippen molar-refractivity contribution in [3.63, 3.8) is 0 Å². The largest absolute Gasteiger partial charge is 0.489 e. The number of rotatable bonds is 10. The van der Waals surface area contributed by atoms with Crippen LogP contribution in [0.15, 0.2) is 72.3 Å². The van der Waals surface area contributed by atoms with E-state index in [2.05, 4.69) is 23.7 Å². The number of fused-ring (bicyclic) bond motifs is 1. The monoisotopic (exact) mass is 614 g/mol. The zero-order valence-electron chi connectivity index (χ0n) is 26.8. The predicted molar refractivity (Wildman–Crippen MR) is 176 cm³/mol. The second kappa shape index (κ2) is 15.4. The van der Waals surface area contributed by atoms with Crippen molar-refractivity contribution in [1.29, 1.82) is 0 Å². The molecule has 1 N–H and O–H groups in total. The number of hydrogen-bond donors (Lipinski definition) is 1. The molecular formula is C37H46N2O6. The van der Waals surface area contributed by atoms with Gasteiger partial charge in [-0.1, -0.05) is 73.9 Å². The van der Waals surface area contributed by atoms with Crippen LogP contribution < -0.4 is 10.2 Å². The summed E-state index contributed by atoms with van der Waals surface area (Å²) in [6.45, 7) is 7.00. The molecule has 1 saturated heterocycles. The number of carbonyl (C=O) groups is 2. The van der Waals surface area contributed by atoms with Crippen LogP contribution in [0.4, 0.5) is 4.79 Å². The van der Waals surface area contributed by atoms with E-state index >= 15 is 0 Å². The normalized spacial score (nSPS) is 17.9. The van der Waals surface area contributed by atoms with Crippen molar-refractivity contribution in [3.05, 3.63) is 83.4 Å². The Labute approximate surface area is 266 Å². The SMILES string of the molecule is CC(C)(C)OC(=O)N(C/C(=C/c1ccc(C(=O)NOC2CCCCO2)cc1)COc1cccc2ccccc12)C1CCCCC1. The van der Waals surface area contributed by atoms with Gasteiger partial charge in [0, 0.05) is 36.6 Å². The van der Waals surface area contributed by atoms with Gasteiger partial charge in [0.15, 0.2) is 6.29 Å². The van der Waals surface area contributed by atoms with Crippen LogP contribution in [0.5, 0.6) is 5.75 Å². The third-order valence-corrected chi connectivity index (χ3v) is 8.14. The number of nitrogens with zero attached hydrogens (tertiary/aromatic N) is 1. The first-order valence-electron chi connectivity index (χ1n) is 16.2. The molecule has 3 aromatic carbocycles. The third-order valence-electron chi connectivity index (χ3n) is 8.14. The number of hydrogen-bond acceptors (Lipinski definition) is 6. The fourth-order valence-corrected chi connectivity index (χ4v) is 5.85. The lowest BCUT2D eigenvalue weighted by Gasteiger charge is -2.36. The van der Waals surface area contributed by atoms with Gasteiger partial charge in [-0.15, -0.1) is 0 Å². The molecule has 5 rings (SSSR count). The molecule has 0 radical (unpaired) electrons. The van der Waals surface area contributed by atoms with E-state index in [0.29, 0.717) is 18.7 Å². The van der Waals surface area contributed by atoms with Gasteiger partial charge < -0.3 is 19.1 Å². The number of nitrogens with one attached hydrogen (secondary N) is 1. The highest BCUT2D eigenvalue weighted by Crippen LogP contribution is 2.28. The van der Waals surface area contributed by atoms with Gasteiger partial charge in [-0.25, -0.2) is 15.1 Å². The lowest BCUT2D eigenvalue weighted by Crippen LogP contribution is -2.45. The molecule has 2 fully saturated rings. The molecule has 8 nitrogen and oxygen atoms in total. The molecule has 240 valence electrons. The summed E-state index contributed by atoms with van der Waals surface area (Å²) in [5.41, 5.74) is 4.22. The Morgan fingerprint density at radius 3 is 2.38 bits per heavy atom. The number of benzene rings is 3. The van der Waals surface area contributed by atoms with Gasteiger partial charge in [0.25, 0.3) is 5.91 Å². The summed E-state index contributed by atoms with van der Waals surface area (Å²) < 4.78 is 17.9. The first-order chi connectivity index (χ1) is 21.7. The summed E-state index contributed by atoms with van der Waals surface area (Å²) in [6, 6.07) is 21.6. The van der Waals surface area contributed by atoms with Crippen molar-refractivity contribution >= 4 is 28.8 Å². The summed E-state index contributed by atoms with van der Waals surface area (Å²) in [5, 5.41) is 2.14. The Hall–Kier alpha value is -3.88. The summed E-state index contributed by atoms with van der Waals surface area (Å²) in [6.07, 6.45) is 9.38. The van der Waals surface area contributed by atoms with Gasteiger partial charge in [-0.2, -0.15) is 0 Å². The Morgan fingerprint density at radius 1 is 0.911 bits per heavy atom. The standard InChI is InChI=1S/C37H46N2O6/c1-37(2,3)44-36(41)39(31-14-5-4-6-15-31)25-28(26-43-33-17-11-13-29-12-7-8-16-32(29)33)24-27-19-21-30(22-20-27)35(40)38-45-34-18-9-10-23-42-34/h7-8,11-13,16-17,19-22,24,31,34H,4-6,9-10,14-15,18,23,25-26H2,1-3H3,(H,38,40)/b28-24-. The molecule has 1 unspecified atom stereocenters. The van der Waals surface area contributed by atoms with Gasteiger partial charge in [0.2, 0.25) is 0 Å². The fourth-order valence-electron chi connectivity index (χ4n) is 5.85. The fraction of sp³-hybridized carbons (Fsp3) is 0.459. The van der Waals surface area contributed by atoms with Crippen molar-refractivity contribution in [3.8, 4) is 5.75 Å². The van der Waals surface area contributed by atoms with E-state index in [1.54, 1.807) is 12.1 Å². The lowest BCUT2D eigenvalue weighted by molar-refractivity contribution is -0.186. The molecule has 3 aromatic rings. The van der Waals surface area contributed by atoms with Gasteiger partial charge >= 0.3 is 6.09 Å². The molecule has 2 amide bonds. The Morgan fingerprint density at radius 2 is 1.64 bits per heavy atom. The van der Waals surface area contributed by atoms with E-state index in [0.717, 1.165) is 72.6 Å². The molecule has 0 spiro atoms. The first kappa shape index (κ1) is 32.5. The van der Waals surface area contributed by atoms with E-state index < -0.39 is 11.9 Å². The molecular weight excluding hydrogens is 568 g/mol. The molecule has 1 saturated carbocycles. The zero-order valence-corrected chi connectivity index (χ0v) is 26.8. The highest BCUT2D eigenvalue weighted by atomic mass is 16.8. The number of carbonyl (C=O) groups excluding carboxylic acids is 2. The van der Waals surface area contributed by atoms with E-state index in [4.69, 9.17) is 19.0 Å². The van der Waals surface area contributed by atoms with E-state index in [1.807, 2.05) is 68.1 Å². The predicted octanol–water partition coefficient (Wildman–Crippen LogP) is 8.06. The Bertz CT molecular complexity index is 1440. The molecule has 8 heteroatoms. The molecule has 45 heavy (non-hydrogen) atoms. The van der Waals surface area contributed by atoms with Crippen molar-refractivity contribution in [2.75, 3.05) is 19.8 Å². The smallest absolute Gasteiger partial charge is 0.410 e. The topological polar surface area (TPSA) is 86.3 Å². The maximum Gasteiger partial charge on any atom is 0.410 e. The van der Waals surface area contributed by atoms with Crippen LogP contribution in [0.25, 0.3) is 16.8 Å². The summed E-state index contributed by atoms with van der Waals surface area (Å²) in [7, 11) is 0. The second-order valence-electron chi connectivity index (χ2n) is 12.9. The summed E-state index contributed by atoms with van der Waals surface area (Å²) in [4.78, 5) is 33.6. The first-order valence-corrected chi connectivity index (χ1v) is 16.2. The molecule has 0 aromatic heterocycles. The van der Waals surface area contributed by atoms with Crippen LogP contribution in [-0.2, 0) is 14.3 Å². The molecule has 1 atom stereocenters. The minimum absolute atomic E-state index is 0.105. The van der Waals surface area contributed by atoms with Gasteiger partial charge in [0.05, 0.1) is 0 Å². The van der Waals surface area contributed by atoms with Crippen LogP contribution in [0, 0.1) is 0 Å². The number of ether oxygens (including phenoxy) is 3. The zero-order chi connectivity index (χ0) is 31.6. The number of hydroxylamine groups is 1. The average molecular weight is 615 g/mol. The minimum atomic E-state index is -0.601. The summed E-state index contributed by atoms with van der Waals surface area (Å²) in [5.74, 6) is 0.460. The highest BCUT2D eigenvalue weighted by Gasteiger charge is 2.30. The van der Waals surface area contributed by atoms with Crippen LogP contribution in [-0.4, -0.2) is 54.6 Å². The van der Waals surface area contributed by atoms with Crippen LogP contribution in [0.3, 0.4) is 0 Å². The van der Waals surface area contributed by atoms with E-state index in [-0.39, 0.29) is 24.6 Å². The molecule has 2 aliphatic rings. The molecule has 1 heterocycles. The van der Waals surface area contributed by atoms with Gasteiger partial charge in [-0.3, -0.25) is 4.79 Å². The van der Waals surface area contributed by atoms with E-state index in [9.17, 15) is 9.59 Å². The second-order valence-corrected chi connectivity index (χ2v) is 12.9. The van der Waals surface area contributed by atoms with Crippen molar-refractivity contribution in [2.24, 2.45) is 0 Å². The summed E-state index contributed by atoms with van der Waals surface area (Å²) >= 11 is 0. The van der Waals surface area contributed by atoms with E-state index in [1.165, 1.54) is 6.42 Å². The lowest BCUT2D eigenvalue weighted by atomic mass is 9.94. The number of amides is 2.